The third kappa shape index (κ3) is 5.11. The van der Waals surface area contributed by atoms with Gasteiger partial charge in [-0.15, -0.1) is 0 Å². The van der Waals surface area contributed by atoms with Crippen molar-refractivity contribution in [1.29, 1.82) is 5.41 Å². The third-order valence-corrected chi connectivity index (χ3v) is 4.89. The summed E-state index contributed by atoms with van der Waals surface area (Å²) in [7, 11) is 3.37. The highest BCUT2D eigenvalue weighted by Gasteiger charge is 2.22. The Morgan fingerprint density at radius 2 is 2.07 bits per heavy atom. The minimum absolute atomic E-state index is 0. The monoisotopic (exact) mass is 406 g/mol. The fraction of sp³-hybridized carbons (Fsp3) is 0.368. The smallest absolute Gasteiger partial charge is 0.236 e. The first-order valence-corrected chi connectivity index (χ1v) is 9.14. The van der Waals surface area contributed by atoms with Gasteiger partial charge in [-0.1, -0.05) is 0 Å². The maximum Gasteiger partial charge on any atom is 0.236 e. The van der Waals surface area contributed by atoms with Crippen LogP contribution in [0.4, 0.5) is 10.1 Å². The van der Waals surface area contributed by atoms with Gasteiger partial charge in [0.15, 0.2) is 0 Å². The van der Waals surface area contributed by atoms with E-state index in [2.05, 4.69) is 0 Å². The van der Waals surface area contributed by atoms with Crippen LogP contribution in [0, 0.1) is 11.2 Å². The molecule has 1 aromatic carbocycles. The van der Waals surface area contributed by atoms with Crippen molar-refractivity contribution in [3.8, 4) is 0 Å². The second-order valence-electron chi connectivity index (χ2n) is 6.94. The summed E-state index contributed by atoms with van der Waals surface area (Å²) in [5.74, 6) is 5.41. The lowest BCUT2D eigenvalue weighted by Crippen LogP contribution is -2.48. The van der Waals surface area contributed by atoms with Crippen LogP contribution in [0.3, 0.4) is 0 Å². The zero-order chi connectivity index (χ0) is 21.7. The number of nitrogens with one attached hydrogen (secondary N) is 1. The summed E-state index contributed by atoms with van der Waals surface area (Å²) in [5, 5.41) is 9.90. The molecule has 0 atom stereocenters. The van der Waals surface area contributed by atoms with Gasteiger partial charge in [-0.2, -0.15) is 0 Å². The number of likely N-dealkylation sites (N-methyl/N-ethyl adjacent to an activating group) is 2. The zero-order valence-corrected chi connectivity index (χ0v) is 16.8. The number of rotatable bonds is 7. The van der Waals surface area contributed by atoms with Crippen molar-refractivity contribution in [2.45, 2.75) is 0 Å². The minimum atomic E-state index is -0.566. The van der Waals surface area contributed by atoms with Crippen molar-refractivity contribution < 1.29 is 10.6 Å². The van der Waals surface area contributed by atoms with Crippen LogP contribution in [0.25, 0.3) is 5.57 Å². The number of amides is 1. The van der Waals surface area contributed by atoms with Gasteiger partial charge in [0.1, 0.15) is 5.82 Å². The van der Waals surface area contributed by atoms with E-state index in [1.54, 1.807) is 25.1 Å². The Labute approximate surface area is 171 Å². The van der Waals surface area contributed by atoms with E-state index >= 15 is 0 Å². The quantitative estimate of drug-likeness (QED) is 0.181. The number of hydrogen-bond donors (Lipinski definition) is 5. The average Bonchev–Trinajstić information content (AvgIpc) is 2.66. The highest BCUT2D eigenvalue weighted by molar-refractivity contribution is 6.13. The van der Waals surface area contributed by atoms with Crippen LogP contribution in [0.5, 0.6) is 0 Å². The topological polar surface area (TPSA) is 155 Å². The van der Waals surface area contributed by atoms with Gasteiger partial charge in [0.25, 0.3) is 0 Å². The van der Waals surface area contributed by atoms with Crippen LogP contribution in [0.15, 0.2) is 30.1 Å². The molecule has 1 amide bonds. The number of hydrazine groups is 1. The molecule has 10 heteroatoms. The van der Waals surface area contributed by atoms with Gasteiger partial charge in [-0.25, -0.2) is 10.2 Å². The number of carbonyl (C=O) groups is 1. The number of piperazine rings is 1. The Hall–Kier alpha value is -2.95. The van der Waals surface area contributed by atoms with E-state index in [1.807, 2.05) is 4.90 Å². The Bertz CT molecular complexity index is 855. The molecule has 1 heterocycles. The molecule has 0 saturated carbocycles. The first-order valence-electron chi connectivity index (χ1n) is 9.14. The highest BCUT2D eigenvalue weighted by atomic mass is 19.1. The second-order valence-corrected chi connectivity index (χ2v) is 6.94. The fourth-order valence-corrected chi connectivity index (χ4v) is 3.06. The SMILES string of the molecule is CN1CCN(C/C=C(/C(=N)c2cc(/C(=C/N)CN)c(F)cc2N)N(C)N)CC1=O.[HH]. The maximum absolute atomic E-state index is 14.3. The van der Waals surface area contributed by atoms with Gasteiger partial charge >= 0.3 is 0 Å². The molecule has 0 bridgehead atoms. The van der Waals surface area contributed by atoms with Crippen LogP contribution in [0.2, 0.25) is 0 Å². The number of carbonyl (C=O) groups excluding carboxylic acids is 1. The summed E-state index contributed by atoms with van der Waals surface area (Å²) >= 11 is 0. The van der Waals surface area contributed by atoms with Crippen LogP contribution < -0.4 is 23.0 Å². The van der Waals surface area contributed by atoms with E-state index in [-0.39, 0.29) is 30.8 Å². The zero-order valence-electron chi connectivity index (χ0n) is 16.8. The van der Waals surface area contributed by atoms with Crippen molar-refractivity contribution in [3.05, 3.63) is 47.0 Å². The molecule has 160 valence electrons. The summed E-state index contributed by atoms with van der Waals surface area (Å²) in [6, 6.07) is 2.60. The number of nitrogens with zero attached hydrogens (tertiary/aromatic N) is 3. The number of halogens is 1. The molecule has 1 aliphatic rings. The van der Waals surface area contributed by atoms with Crippen LogP contribution in [-0.4, -0.2) is 73.2 Å². The summed E-state index contributed by atoms with van der Waals surface area (Å²) in [6.45, 7) is 2.13. The predicted octanol–water partition coefficient (Wildman–Crippen LogP) is -0.257. The summed E-state index contributed by atoms with van der Waals surface area (Å²) in [5.41, 5.74) is 18.6. The lowest BCUT2D eigenvalue weighted by Gasteiger charge is -2.31. The number of anilines is 1. The summed E-state index contributed by atoms with van der Waals surface area (Å²) < 4.78 is 14.3. The van der Waals surface area contributed by atoms with E-state index in [4.69, 9.17) is 28.5 Å². The normalized spacial score (nSPS) is 16.3. The molecule has 2 rings (SSSR count). The van der Waals surface area contributed by atoms with E-state index in [9.17, 15) is 9.18 Å². The number of benzene rings is 1. The number of hydrogen-bond acceptors (Lipinski definition) is 8. The third-order valence-electron chi connectivity index (χ3n) is 4.89. The van der Waals surface area contributed by atoms with Crippen molar-refractivity contribution in [2.24, 2.45) is 17.3 Å². The summed E-state index contributed by atoms with van der Waals surface area (Å²) in [4.78, 5) is 15.5. The first-order chi connectivity index (χ1) is 13.7. The number of nitrogen functional groups attached to an aromatic ring is 1. The van der Waals surface area contributed by atoms with Crippen molar-refractivity contribution >= 4 is 22.9 Å². The molecule has 0 unspecified atom stereocenters. The standard InChI is InChI=1S/C19H29FN8O.H2/c1-26-5-6-28(11-18(26)29)4-3-17(27(2)25)19(24)14-7-13(12(9-21)10-22)15(20)8-16(14)23;/h3,7-9,24H,4-6,10-11,21-23,25H2,1-2H3;1H/b12-9+,17-3-,24-19?;. The molecule has 0 spiro atoms. The molecule has 29 heavy (non-hydrogen) atoms. The molecule has 9 N–H and O–H groups in total. The van der Waals surface area contributed by atoms with Gasteiger partial charge in [0, 0.05) is 58.5 Å². The van der Waals surface area contributed by atoms with Crippen LogP contribution in [0.1, 0.15) is 12.6 Å². The molecule has 9 nitrogen and oxygen atoms in total. The largest absolute Gasteiger partial charge is 0.404 e. The lowest BCUT2D eigenvalue weighted by molar-refractivity contribution is -0.134. The fourth-order valence-electron chi connectivity index (χ4n) is 3.06. The van der Waals surface area contributed by atoms with Crippen molar-refractivity contribution in [2.75, 3.05) is 52.6 Å². The van der Waals surface area contributed by atoms with E-state index in [0.717, 1.165) is 12.6 Å². The average molecular weight is 407 g/mol. The maximum atomic E-state index is 14.3. The van der Waals surface area contributed by atoms with Crippen molar-refractivity contribution in [3.63, 3.8) is 0 Å². The number of nitrogens with two attached hydrogens (primary N) is 4. The Morgan fingerprint density at radius 3 is 2.62 bits per heavy atom. The Kier molecular flexibility index (Phi) is 7.32. The van der Waals surface area contributed by atoms with E-state index in [0.29, 0.717) is 36.5 Å². The Morgan fingerprint density at radius 1 is 1.38 bits per heavy atom. The molecule has 1 fully saturated rings. The summed E-state index contributed by atoms with van der Waals surface area (Å²) in [6.07, 6.45) is 2.99. The van der Waals surface area contributed by atoms with Gasteiger partial charge in [0.2, 0.25) is 5.91 Å². The second kappa shape index (κ2) is 9.50. The highest BCUT2D eigenvalue weighted by Crippen LogP contribution is 2.25. The van der Waals surface area contributed by atoms with Gasteiger partial charge in [-0.3, -0.25) is 15.1 Å². The minimum Gasteiger partial charge on any atom is -0.404 e. The van der Waals surface area contributed by atoms with Crippen LogP contribution in [-0.2, 0) is 4.79 Å². The lowest BCUT2D eigenvalue weighted by atomic mass is 9.97. The van der Waals surface area contributed by atoms with Crippen LogP contribution >= 0.6 is 0 Å². The van der Waals surface area contributed by atoms with Gasteiger partial charge < -0.3 is 27.1 Å². The molecular weight excluding hydrogens is 375 g/mol. The van der Waals surface area contributed by atoms with E-state index in [1.165, 1.54) is 17.3 Å². The Balaban J connectivity index is 0.00000450. The molecule has 0 aliphatic carbocycles. The van der Waals surface area contributed by atoms with Crippen molar-refractivity contribution in [1.82, 2.24) is 14.8 Å². The molecular formula is C19H31FN8O. The number of allylic oxidation sites excluding steroid dienone is 1. The van der Waals surface area contributed by atoms with Gasteiger partial charge in [-0.05, 0) is 30.0 Å². The molecule has 1 aromatic rings. The predicted molar refractivity (Wildman–Crippen MR) is 115 cm³/mol. The van der Waals surface area contributed by atoms with Gasteiger partial charge in [0.05, 0.1) is 18.0 Å². The van der Waals surface area contributed by atoms with E-state index < -0.39 is 5.82 Å². The first kappa shape index (κ1) is 22.3. The molecule has 0 radical (unpaired) electrons. The molecule has 1 aliphatic heterocycles. The molecule has 0 aromatic heterocycles. The molecule has 1 saturated heterocycles.